The molecule has 5 N–H and O–H groups in total. The van der Waals surface area contributed by atoms with E-state index in [0.717, 1.165) is 5.56 Å². The highest BCUT2D eigenvalue weighted by atomic mass is 35.5. The molecule has 0 atom stereocenters. The van der Waals surface area contributed by atoms with E-state index in [1.165, 1.54) is 12.3 Å². The molecular weight excluding hydrogens is 264 g/mol. The second-order valence-electron chi connectivity index (χ2n) is 4.14. The van der Waals surface area contributed by atoms with E-state index in [1.54, 1.807) is 6.07 Å². The van der Waals surface area contributed by atoms with Crippen LogP contribution in [0.15, 0.2) is 30.5 Å². The largest absolute Gasteiger partial charge is 0.397 e. The first-order valence-electron chi connectivity index (χ1n) is 5.56. The van der Waals surface area contributed by atoms with Crippen LogP contribution in [0.4, 0.5) is 17.2 Å². The standard InChI is InChI=1S/C13H13ClN4O/c1-7-2-3-11(10(14)4-7)18-13-9(12(16)19)5-8(15)6-17-13/h2-6H,15H2,1H3,(H2,16,19)(H,17,18). The predicted octanol–water partition coefficient (Wildman–Crippen LogP) is 2.47. The number of primary amides is 1. The summed E-state index contributed by atoms with van der Waals surface area (Å²) in [5, 5.41) is 3.51. The summed E-state index contributed by atoms with van der Waals surface area (Å²) in [5.41, 5.74) is 13.1. The third kappa shape index (κ3) is 2.95. The van der Waals surface area contributed by atoms with Gasteiger partial charge in [0.2, 0.25) is 0 Å². The van der Waals surface area contributed by atoms with Crippen molar-refractivity contribution in [2.45, 2.75) is 6.92 Å². The number of hydrogen-bond acceptors (Lipinski definition) is 4. The van der Waals surface area contributed by atoms with E-state index in [2.05, 4.69) is 10.3 Å². The van der Waals surface area contributed by atoms with E-state index < -0.39 is 5.91 Å². The number of amides is 1. The van der Waals surface area contributed by atoms with Crippen molar-refractivity contribution in [2.75, 3.05) is 11.1 Å². The van der Waals surface area contributed by atoms with Crippen LogP contribution in [-0.4, -0.2) is 10.9 Å². The van der Waals surface area contributed by atoms with Crippen LogP contribution < -0.4 is 16.8 Å². The Kier molecular flexibility index (Phi) is 3.57. The first-order chi connectivity index (χ1) is 8.97. The Bertz CT molecular complexity index is 643. The monoisotopic (exact) mass is 276 g/mol. The molecule has 0 fully saturated rings. The first-order valence-corrected chi connectivity index (χ1v) is 5.93. The van der Waals surface area contributed by atoms with Crippen LogP contribution in [0.25, 0.3) is 0 Å². The summed E-state index contributed by atoms with van der Waals surface area (Å²) in [5.74, 6) is -0.280. The Morgan fingerprint density at radius 3 is 2.74 bits per heavy atom. The molecule has 0 unspecified atom stereocenters. The van der Waals surface area contributed by atoms with Crippen molar-refractivity contribution >= 4 is 34.7 Å². The van der Waals surface area contributed by atoms with Crippen molar-refractivity contribution in [3.8, 4) is 0 Å². The second kappa shape index (κ2) is 5.16. The van der Waals surface area contributed by atoms with Crippen molar-refractivity contribution < 1.29 is 4.79 Å². The summed E-state index contributed by atoms with van der Waals surface area (Å²) in [6.07, 6.45) is 1.44. The minimum atomic E-state index is -0.606. The lowest BCUT2D eigenvalue weighted by atomic mass is 10.2. The van der Waals surface area contributed by atoms with Gasteiger partial charge in [0.15, 0.2) is 0 Å². The molecule has 0 radical (unpaired) electrons. The summed E-state index contributed by atoms with van der Waals surface area (Å²) in [6.45, 7) is 1.94. The number of halogens is 1. The Balaban J connectivity index is 2.40. The first kappa shape index (κ1) is 13.2. The molecule has 0 spiro atoms. The Morgan fingerprint density at radius 2 is 2.11 bits per heavy atom. The number of nitrogens with one attached hydrogen (secondary N) is 1. The molecule has 1 aromatic heterocycles. The van der Waals surface area contributed by atoms with E-state index in [1.807, 2.05) is 19.1 Å². The zero-order chi connectivity index (χ0) is 14.0. The summed E-state index contributed by atoms with van der Waals surface area (Å²) >= 11 is 6.11. The average Bonchev–Trinajstić information content (AvgIpc) is 2.34. The summed E-state index contributed by atoms with van der Waals surface area (Å²) in [7, 11) is 0. The second-order valence-corrected chi connectivity index (χ2v) is 4.54. The van der Waals surface area contributed by atoms with Crippen LogP contribution in [0.3, 0.4) is 0 Å². The average molecular weight is 277 g/mol. The third-order valence-electron chi connectivity index (χ3n) is 2.55. The fourth-order valence-electron chi connectivity index (χ4n) is 1.62. The maximum atomic E-state index is 11.4. The molecule has 6 heteroatoms. The van der Waals surface area contributed by atoms with Crippen molar-refractivity contribution in [3.63, 3.8) is 0 Å². The molecule has 1 amide bonds. The number of carbonyl (C=O) groups is 1. The molecule has 1 heterocycles. The van der Waals surface area contributed by atoms with Crippen LogP contribution in [0.2, 0.25) is 5.02 Å². The van der Waals surface area contributed by atoms with Gasteiger partial charge in [0.1, 0.15) is 5.82 Å². The number of anilines is 3. The highest BCUT2D eigenvalue weighted by molar-refractivity contribution is 6.33. The van der Waals surface area contributed by atoms with E-state index in [0.29, 0.717) is 22.2 Å². The number of pyridine rings is 1. The summed E-state index contributed by atoms with van der Waals surface area (Å²) in [4.78, 5) is 15.4. The van der Waals surface area contributed by atoms with Gasteiger partial charge in [-0.2, -0.15) is 0 Å². The Hall–Kier alpha value is -2.27. The number of aryl methyl sites for hydroxylation is 1. The highest BCUT2D eigenvalue weighted by Crippen LogP contribution is 2.27. The highest BCUT2D eigenvalue weighted by Gasteiger charge is 2.11. The fraction of sp³-hybridized carbons (Fsp3) is 0.0769. The molecular formula is C13H13ClN4O. The van der Waals surface area contributed by atoms with Crippen molar-refractivity contribution in [1.82, 2.24) is 4.98 Å². The summed E-state index contributed by atoms with van der Waals surface area (Å²) < 4.78 is 0. The van der Waals surface area contributed by atoms with Gasteiger partial charge in [0, 0.05) is 0 Å². The SMILES string of the molecule is Cc1ccc(Nc2ncc(N)cc2C(N)=O)c(Cl)c1. The minimum Gasteiger partial charge on any atom is -0.397 e. The number of nitrogens with two attached hydrogens (primary N) is 2. The number of aromatic nitrogens is 1. The Morgan fingerprint density at radius 1 is 1.37 bits per heavy atom. The quantitative estimate of drug-likeness (QED) is 0.803. The molecule has 2 aromatic rings. The van der Waals surface area contributed by atoms with Crippen molar-refractivity contribution in [2.24, 2.45) is 5.73 Å². The molecule has 0 aliphatic carbocycles. The van der Waals surface area contributed by atoms with Crippen LogP contribution in [-0.2, 0) is 0 Å². The lowest BCUT2D eigenvalue weighted by Crippen LogP contribution is -2.15. The lowest BCUT2D eigenvalue weighted by molar-refractivity contribution is 0.100. The maximum absolute atomic E-state index is 11.4. The van der Waals surface area contributed by atoms with Gasteiger partial charge in [-0.1, -0.05) is 17.7 Å². The number of carbonyl (C=O) groups excluding carboxylic acids is 1. The molecule has 19 heavy (non-hydrogen) atoms. The van der Waals surface area contributed by atoms with Gasteiger partial charge in [-0.3, -0.25) is 4.79 Å². The number of rotatable bonds is 3. The molecule has 2 rings (SSSR count). The number of hydrogen-bond donors (Lipinski definition) is 3. The van der Waals surface area contributed by atoms with Crippen LogP contribution in [0.1, 0.15) is 15.9 Å². The molecule has 5 nitrogen and oxygen atoms in total. The van der Waals surface area contributed by atoms with Gasteiger partial charge < -0.3 is 16.8 Å². The zero-order valence-corrected chi connectivity index (χ0v) is 11.0. The van der Waals surface area contributed by atoms with Crippen molar-refractivity contribution in [1.29, 1.82) is 0 Å². The normalized spacial score (nSPS) is 10.2. The number of nitrogen functional groups attached to an aromatic ring is 1. The van der Waals surface area contributed by atoms with E-state index >= 15 is 0 Å². The van der Waals surface area contributed by atoms with Gasteiger partial charge in [-0.25, -0.2) is 4.98 Å². The minimum absolute atomic E-state index is 0.219. The van der Waals surface area contributed by atoms with Gasteiger partial charge in [-0.15, -0.1) is 0 Å². The predicted molar refractivity (Wildman–Crippen MR) is 76.6 cm³/mol. The smallest absolute Gasteiger partial charge is 0.252 e. The van der Waals surface area contributed by atoms with Crippen LogP contribution >= 0.6 is 11.6 Å². The lowest BCUT2D eigenvalue weighted by Gasteiger charge is -2.11. The number of nitrogens with zero attached hydrogens (tertiary/aromatic N) is 1. The molecule has 0 saturated heterocycles. The molecule has 0 saturated carbocycles. The molecule has 0 bridgehead atoms. The molecule has 0 aliphatic rings. The Labute approximate surface area is 115 Å². The molecule has 0 aliphatic heterocycles. The summed E-state index contributed by atoms with van der Waals surface area (Å²) in [6, 6.07) is 6.99. The molecule has 98 valence electrons. The van der Waals surface area contributed by atoms with Gasteiger partial charge >= 0.3 is 0 Å². The third-order valence-corrected chi connectivity index (χ3v) is 2.86. The maximum Gasteiger partial charge on any atom is 0.252 e. The fourth-order valence-corrected chi connectivity index (χ4v) is 1.90. The van der Waals surface area contributed by atoms with E-state index in [4.69, 9.17) is 23.1 Å². The topological polar surface area (TPSA) is 94.0 Å². The van der Waals surface area contributed by atoms with Gasteiger partial charge in [0.05, 0.1) is 28.2 Å². The molecule has 1 aromatic carbocycles. The number of benzene rings is 1. The van der Waals surface area contributed by atoms with Crippen molar-refractivity contribution in [3.05, 3.63) is 46.6 Å². The zero-order valence-electron chi connectivity index (χ0n) is 10.3. The van der Waals surface area contributed by atoms with Gasteiger partial charge in [0.25, 0.3) is 5.91 Å². The van der Waals surface area contributed by atoms with Gasteiger partial charge in [-0.05, 0) is 30.7 Å². The van der Waals surface area contributed by atoms with E-state index in [-0.39, 0.29) is 5.56 Å². The van der Waals surface area contributed by atoms with Crippen LogP contribution in [0.5, 0.6) is 0 Å². The van der Waals surface area contributed by atoms with E-state index in [9.17, 15) is 4.79 Å². The van der Waals surface area contributed by atoms with Crippen LogP contribution in [0, 0.1) is 6.92 Å².